The van der Waals surface area contributed by atoms with E-state index in [0.29, 0.717) is 22.0 Å². The topological polar surface area (TPSA) is 86.6 Å². The minimum Gasteiger partial charge on any atom is -0.462 e. The van der Waals surface area contributed by atoms with Gasteiger partial charge in [0, 0.05) is 22.1 Å². The molecule has 150 valence electrons. The number of benzene rings is 1. The number of aryl methyl sites for hydroxylation is 1. The third-order valence-electron chi connectivity index (χ3n) is 4.26. The summed E-state index contributed by atoms with van der Waals surface area (Å²) in [6.07, 6.45) is 0. The molecule has 0 saturated carbocycles. The molecule has 1 heterocycles. The van der Waals surface area contributed by atoms with Crippen LogP contribution < -0.4 is 5.32 Å². The fourth-order valence-electron chi connectivity index (χ4n) is 2.71. The van der Waals surface area contributed by atoms with Crippen LogP contribution in [-0.2, 0) is 25.6 Å². The van der Waals surface area contributed by atoms with E-state index in [-0.39, 0.29) is 13.2 Å². The van der Waals surface area contributed by atoms with Gasteiger partial charge in [0.05, 0.1) is 12.2 Å². The number of nitrogens with one attached hydrogen (secondary N) is 1. The van der Waals surface area contributed by atoms with Crippen LogP contribution in [0.4, 0.5) is 5.69 Å². The van der Waals surface area contributed by atoms with E-state index in [4.69, 9.17) is 21.1 Å². The largest absolute Gasteiger partial charge is 0.462 e. The van der Waals surface area contributed by atoms with Gasteiger partial charge < -0.3 is 19.4 Å². The fraction of sp³-hybridized carbons (Fsp3) is 0.350. The minimum absolute atomic E-state index is 0.111. The van der Waals surface area contributed by atoms with Crippen molar-refractivity contribution in [3.8, 4) is 0 Å². The number of esters is 2. The quantitative estimate of drug-likeness (QED) is 0.712. The molecular weight excluding hydrogens is 384 g/mol. The molecule has 1 amide bonds. The number of hydrogen-bond donors (Lipinski definition) is 1. The Morgan fingerprint density at radius 3 is 2.54 bits per heavy atom. The fourth-order valence-corrected chi connectivity index (χ4v) is 2.88. The Bertz CT molecular complexity index is 904. The van der Waals surface area contributed by atoms with Gasteiger partial charge in [0.15, 0.2) is 6.61 Å². The van der Waals surface area contributed by atoms with Crippen molar-refractivity contribution in [3.63, 3.8) is 0 Å². The van der Waals surface area contributed by atoms with E-state index in [0.717, 1.165) is 11.3 Å². The lowest BCUT2D eigenvalue weighted by Crippen LogP contribution is -2.24. The second kappa shape index (κ2) is 9.41. The lowest BCUT2D eigenvalue weighted by atomic mass is 10.2. The maximum absolute atomic E-state index is 12.1. The van der Waals surface area contributed by atoms with E-state index in [2.05, 4.69) is 5.32 Å². The van der Waals surface area contributed by atoms with Crippen LogP contribution in [0.25, 0.3) is 0 Å². The highest BCUT2D eigenvalue weighted by atomic mass is 35.5. The Balaban J connectivity index is 1.95. The standard InChI is InChI=1S/C20H23ClN2O5/c1-5-27-20(26)15-9-12(2)23(14(15)4)10-19(25)28-11-18(24)22-17-8-6-7-16(21)13(17)3/h6-9H,5,10-11H2,1-4H3,(H,22,24). The number of carbonyl (C=O) groups excluding carboxylic acids is 3. The van der Waals surface area contributed by atoms with Crippen LogP contribution in [-0.4, -0.2) is 35.6 Å². The van der Waals surface area contributed by atoms with Gasteiger partial charge in [-0.25, -0.2) is 4.79 Å². The summed E-state index contributed by atoms with van der Waals surface area (Å²) in [5.74, 6) is -1.49. The van der Waals surface area contributed by atoms with Crippen molar-refractivity contribution in [1.29, 1.82) is 0 Å². The van der Waals surface area contributed by atoms with Gasteiger partial charge in [-0.3, -0.25) is 9.59 Å². The Hall–Kier alpha value is -2.80. The summed E-state index contributed by atoms with van der Waals surface area (Å²) in [5, 5.41) is 3.19. The van der Waals surface area contributed by atoms with E-state index in [1.165, 1.54) is 0 Å². The lowest BCUT2D eigenvalue weighted by Gasteiger charge is -2.11. The van der Waals surface area contributed by atoms with Crippen LogP contribution in [0.1, 0.15) is 34.2 Å². The van der Waals surface area contributed by atoms with Gasteiger partial charge in [0.2, 0.25) is 0 Å². The summed E-state index contributed by atoms with van der Waals surface area (Å²) in [6.45, 7) is 6.74. The van der Waals surface area contributed by atoms with Crippen LogP contribution >= 0.6 is 11.6 Å². The first-order valence-corrected chi connectivity index (χ1v) is 9.16. The van der Waals surface area contributed by atoms with Gasteiger partial charge >= 0.3 is 11.9 Å². The van der Waals surface area contributed by atoms with Crippen molar-refractivity contribution in [2.45, 2.75) is 34.2 Å². The number of halogens is 1. The summed E-state index contributed by atoms with van der Waals surface area (Å²) >= 11 is 6.02. The van der Waals surface area contributed by atoms with Gasteiger partial charge in [-0.1, -0.05) is 17.7 Å². The van der Waals surface area contributed by atoms with Crippen molar-refractivity contribution in [2.24, 2.45) is 0 Å². The van der Waals surface area contributed by atoms with Gasteiger partial charge in [0.25, 0.3) is 5.91 Å². The van der Waals surface area contributed by atoms with Crippen molar-refractivity contribution in [3.05, 3.63) is 51.8 Å². The zero-order valence-corrected chi connectivity index (χ0v) is 17.1. The molecule has 0 bridgehead atoms. The van der Waals surface area contributed by atoms with E-state index in [1.54, 1.807) is 56.5 Å². The summed E-state index contributed by atoms with van der Waals surface area (Å²) in [6, 6.07) is 6.81. The van der Waals surface area contributed by atoms with Gasteiger partial charge in [-0.15, -0.1) is 0 Å². The molecule has 2 aromatic rings. The predicted molar refractivity (Wildman–Crippen MR) is 106 cm³/mol. The van der Waals surface area contributed by atoms with Crippen molar-refractivity contribution in [2.75, 3.05) is 18.5 Å². The van der Waals surface area contributed by atoms with Crippen LogP contribution in [0.3, 0.4) is 0 Å². The monoisotopic (exact) mass is 406 g/mol. The number of carbonyl (C=O) groups is 3. The van der Waals surface area contributed by atoms with Gasteiger partial charge in [-0.05, 0) is 51.5 Å². The molecule has 1 N–H and O–H groups in total. The zero-order chi connectivity index (χ0) is 20.8. The number of ether oxygens (including phenoxy) is 2. The average Bonchev–Trinajstić information content (AvgIpc) is 2.92. The second-order valence-corrected chi connectivity index (χ2v) is 6.62. The van der Waals surface area contributed by atoms with Crippen molar-refractivity contribution in [1.82, 2.24) is 4.57 Å². The van der Waals surface area contributed by atoms with Gasteiger partial charge in [0.1, 0.15) is 6.54 Å². The first-order chi connectivity index (χ1) is 13.2. The first kappa shape index (κ1) is 21.5. The number of nitrogens with zero attached hydrogens (tertiary/aromatic N) is 1. The number of rotatable bonds is 7. The summed E-state index contributed by atoms with van der Waals surface area (Å²) in [5.41, 5.74) is 3.02. The summed E-state index contributed by atoms with van der Waals surface area (Å²) < 4.78 is 11.7. The van der Waals surface area contributed by atoms with Crippen LogP contribution in [0.15, 0.2) is 24.3 Å². The molecule has 7 nitrogen and oxygen atoms in total. The molecule has 0 fully saturated rings. The number of anilines is 1. The van der Waals surface area contributed by atoms with E-state index in [9.17, 15) is 14.4 Å². The molecule has 8 heteroatoms. The van der Waals surface area contributed by atoms with Crippen molar-refractivity contribution < 1.29 is 23.9 Å². The molecule has 28 heavy (non-hydrogen) atoms. The SMILES string of the molecule is CCOC(=O)c1cc(C)n(CC(=O)OCC(=O)Nc2cccc(Cl)c2C)c1C. The molecule has 0 aliphatic carbocycles. The molecule has 1 aromatic carbocycles. The number of aromatic nitrogens is 1. The third kappa shape index (κ3) is 5.13. The van der Waals surface area contributed by atoms with Crippen molar-refractivity contribution >= 4 is 35.1 Å². The van der Waals surface area contributed by atoms with E-state index < -0.39 is 24.5 Å². The van der Waals surface area contributed by atoms with Crippen LogP contribution in [0.5, 0.6) is 0 Å². The summed E-state index contributed by atoms with van der Waals surface area (Å²) in [4.78, 5) is 36.1. The molecule has 0 spiro atoms. The lowest BCUT2D eigenvalue weighted by molar-refractivity contribution is -0.147. The average molecular weight is 407 g/mol. The number of amides is 1. The van der Waals surface area contributed by atoms with Crippen LogP contribution in [0, 0.1) is 20.8 Å². The molecule has 0 radical (unpaired) electrons. The highest BCUT2D eigenvalue weighted by molar-refractivity contribution is 6.31. The Labute approximate surface area is 168 Å². The molecule has 1 aromatic heterocycles. The maximum Gasteiger partial charge on any atom is 0.339 e. The molecular formula is C20H23ClN2O5. The Morgan fingerprint density at radius 1 is 1.14 bits per heavy atom. The molecule has 0 aliphatic rings. The van der Waals surface area contributed by atoms with E-state index in [1.807, 2.05) is 0 Å². The zero-order valence-electron chi connectivity index (χ0n) is 16.3. The molecule has 2 rings (SSSR count). The normalized spacial score (nSPS) is 10.5. The highest BCUT2D eigenvalue weighted by Crippen LogP contribution is 2.22. The highest BCUT2D eigenvalue weighted by Gasteiger charge is 2.19. The third-order valence-corrected chi connectivity index (χ3v) is 4.67. The second-order valence-electron chi connectivity index (χ2n) is 6.21. The summed E-state index contributed by atoms with van der Waals surface area (Å²) in [7, 11) is 0. The van der Waals surface area contributed by atoms with E-state index >= 15 is 0 Å². The minimum atomic E-state index is -0.588. The molecule has 0 atom stereocenters. The molecule has 0 aliphatic heterocycles. The molecule has 0 saturated heterocycles. The first-order valence-electron chi connectivity index (χ1n) is 8.79. The van der Waals surface area contributed by atoms with Crippen LogP contribution in [0.2, 0.25) is 5.02 Å². The Morgan fingerprint density at radius 2 is 1.86 bits per heavy atom. The maximum atomic E-state index is 12.1. The predicted octanol–water partition coefficient (Wildman–Crippen LogP) is 3.43. The Kier molecular flexibility index (Phi) is 7.23. The number of hydrogen-bond acceptors (Lipinski definition) is 5. The molecule has 0 unspecified atom stereocenters. The van der Waals surface area contributed by atoms with Gasteiger partial charge in [-0.2, -0.15) is 0 Å². The smallest absolute Gasteiger partial charge is 0.339 e.